The molecule has 0 aliphatic rings. The van der Waals surface area contributed by atoms with Gasteiger partial charge < -0.3 is 13.7 Å². The fourth-order valence-corrected chi connectivity index (χ4v) is 15.7. The first-order valence-electron chi connectivity index (χ1n) is 22.1. The second kappa shape index (κ2) is 14.5. The largest absolute Gasteiger partial charge is 0.309 e. The number of aromatic nitrogens is 3. The summed E-state index contributed by atoms with van der Waals surface area (Å²) in [6.45, 7) is 0. The van der Waals surface area contributed by atoms with Gasteiger partial charge in [0.25, 0.3) is 0 Å². The monoisotopic (exact) mass is 831 g/mol. The fourth-order valence-electron chi connectivity index (χ4n) is 10.9. The second-order valence-corrected chi connectivity index (χ2v) is 20.7. The predicted octanol–water partition coefficient (Wildman–Crippen LogP) is 12.4. The summed E-state index contributed by atoms with van der Waals surface area (Å²) in [6.07, 6.45) is 0. The maximum atomic E-state index is 2.51. The zero-order valence-corrected chi connectivity index (χ0v) is 36.0. The topological polar surface area (TPSA) is 14.8 Å². The molecule has 4 heteroatoms. The molecule has 0 N–H and O–H groups in total. The maximum absolute atomic E-state index is 2.71. The van der Waals surface area contributed by atoms with Gasteiger partial charge in [-0.05, 0) is 75.3 Å². The highest BCUT2D eigenvalue weighted by Crippen LogP contribution is 2.41. The van der Waals surface area contributed by atoms with Crippen molar-refractivity contribution in [1.29, 1.82) is 0 Å². The molecule has 0 aliphatic heterocycles. The Morgan fingerprint density at radius 3 is 1.12 bits per heavy atom. The minimum atomic E-state index is -2.71. The third-order valence-corrected chi connectivity index (χ3v) is 18.4. The summed E-state index contributed by atoms with van der Waals surface area (Å²) in [7, 11) is -2.71. The Hall–Kier alpha value is -8.18. The van der Waals surface area contributed by atoms with Gasteiger partial charge in [-0.15, -0.1) is 0 Å². The van der Waals surface area contributed by atoms with Gasteiger partial charge in [-0.2, -0.15) is 0 Å². The molecule has 13 rings (SSSR count). The van der Waals surface area contributed by atoms with E-state index in [4.69, 9.17) is 0 Å². The zero-order valence-electron chi connectivity index (χ0n) is 35.0. The van der Waals surface area contributed by atoms with E-state index in [0.29, 0.717) is 0 Å². The van der Waals surface area contributed by atoms with Gasteiger partial charge in [-0.1, -0.05) is 194 Å². The summed E-state index contributed by atoms with van der Waals surface area (Å²) in [6, 6.07) is 92.2. The van der Waals surface area contributed by atoms with E-state index in [-0.39, 0.29) is 0 Å². The molecular formula is C60H41N3Si. The first-order chi connectivity index (χ1) is 31.8. The molecule has 0 aliphatic carbocycles. The Kier molecular flexibility index (Phi) is 8.23. The van der Waals surface area contributed by atoms with Crippen LogP contribution >= 0.6 is 0 Å². The minimum absolute atomic E-state index is 1.13. The van der Waals surface area contributed by atoms with E-state index in [9.17, 15) is 0 Å². The highest BCUT2D eigenvalue weighted by atomic mass is 28.3. The molecule has 0 atom stereocenters. The van der Waals surface area contributed by atoms with Crippen molar-refractivity contribution in [2.75, 3.05) is 0 Å². The van der Waals surface area contributed by atoms with E-state index < -0.39 is 8.07 Å². The standard InChI is InChI=1S/C60H41N3Si/c1-4-19-44(20-5-1)64(45-21-6-2-7-22-45,46-23-8-3-9-24-46)47-38-35-42(36-39-47)62-56-32-16-13-28-51(56)53-29-18-34-58(60(53)62)63-57-33-17-12-27-50(57)52-40-37-43(41-59(52)63)61-54-30-14-10-25-48(54)49-26-11-15-31-55(49)61/h1-41H. The van der Waals surface area contributed by atoms with Crippen molar-refractivity contribution in [2.24, 2.45) is 0 Å². The van der Waals surface area contributed by atoms with Gasteiger partial charge in [0.2, 0.25) is 0 Å². The molecule has 0 spiro atoms. The summed E-state index contributed by atoms with van der Waals surface area (Å²) in [5.74, 6) is 0. The molecule has 13 aromatic rings. The normalized spacial score (nSPS) is 12.1. The third-order valence-electron chi connectivity index (χ3n) is 13.6. The molecule has 3 heterocycles. The summed E-state index contributed by atoms with van der Waals surface area (Å²) >= 11 is 0. The van der Waals surface area contributed by atoms with Crippen LogP contribution in [0, 0.1) is 0 Å². The average molecular weight is 832 g/mol. The van der Waals surface area contributed by atoms with Gasteiger partial charge in [0.05, 0.1) is 38.8 Å². The van der Waals surface area contributed by atoms with Crippen LogP contribution in [0.1, 0.15) is 0 Å². The molecule has 0 radical (unpaired) electrons. The molecule has 0 fully saturated rings. The quantitative estimate of drug-likeness (QED) is 0.112. The van der Waals surface area contributed by atoms with E-state index in [1.165, 1.54) is 86.2 Å². The zero-order chi connectivity index (χ0) is 42.2. The van der Waals surface area contributed by atoms with Crippen molar-refractivity contribution in [3.05, 3.63) is 249 Å². The number of hydrogen-bond acceptors (Lipinski definition) is 0. The Morgan fingerprint density at radius 2 is 0.609 bits per heavy atom. The summed E-state index contributed by atoms with van der Waals surface area (Å²) in [5, 5.41) is 12.9. The molecule has 10 aromatic carbocycles. The first-order valence-corrected chi connectivity index (χ1v) is 24.1. The summed E-state index contributed by atoms with van der Waals surface area (Å²) in [5.41, 5.74) is 10.5. The lowest BCUT2D eigenvalue weighted by Gasteiger charge is -2.34. The molecular weight excluding hydrogens is 791 g/mol. The molecule has 64 heavy (non-hydrogen) atoms. The minimum Gasteiger partial charge on any atom is -0.309 e. The molecule has 0 amide bonds. The Balaban J connectivity index is 1.07. The SMILES string of the molecule is c1ccc([Si](c2ccccc2)(c2ccccc2)c2ccc(-n3c4ccccc4c4cccc(-n5c6ccccc6c6ccc(-n7c8ccccc8c8ccccc87)cc65)c43)cc2)cc1. The van der Waals surface area contributed by atoms with Crippen LogP contribution in [0.15, 0.2) is 249 Å². The van der Waals surface area contributed by atoms with Crippen molar-refractivity contribution in [2.45, 2.75) is 0 Å². The van der Waals surface area contributed by atoms with Crippen LogP contribution < -0.4 is 20.7 Å². The van der Waals surface area contributed by atoms with E-state index in [0.717, 1.165) is 17.1 Å². The molecule has 0 bridgehead atoms. The fraction of sp³-hybridized carbons (Fsp3) is 0. The average Bonchev–Trinajstić information content (AvgIpc) is 4.01. The second-order valence-electron chi connectivity index (χ2n) is 16.8. The predicted molar refractivity (Wildman–Crippen MR) is 273 cm³/mol. The first kappa shape index (κ1) is 36.5. The van der Waals surface area contributed by atoms with Gasteiger partial charge in [0, 0.05) is 43.7 Å². The van der Waals surface area contributed by atoms with Crippen LogP contribution in [0.5, 0.6) is 0 Å². The molecule has 0 saturated carbocycles. The smallest absolute Gasteiger partial charge is 0.179 e. The lowest BCUT2D eigenvalue weighted by molar-refractivity contribution is 1.13. The number of rotatable bonds is 7. The summed E-state index contributed by atoms with van der Waals surface area (Å²) in [4.78, 5) is 0. The molecule has 3 aromatic heterocycles. The van der Waals surface area contributed by atoms with Crippen LogP contribution in [0.4, 0.5) is 0 Å². The maximum Gasteiger partial charge on any atom is 0.179 e. The van der Waals surface area contributed by atoms with Crippen molar-refractivity contribution in [1.82, 2.24) is 13.7 Å². The number of hydrogen-bond donors (Lipinski definition) is 0. The molecule has 300 valence electrons. The number of benzene rings is 10. The van der Waals surface area contributed by atoms with Crippen LogP contribution in [0.3, 0.4) is 0 Å². The van der Waals surface area contributed by atoms with Crippen molar-refractivity contribution < 1.29 is 0 Å². The Labute approximate surface area is 372 Å². The summed E-state index contributed by atoms with van der Waals surface area (Å²) < 4.78 is 7.43. The van der Waals surface area contributed by atoms with Crippen molar-refractivity contribution in [3.8, 4) is 17.1 Å². The van der Waals surface area contributed by atoms with Crippen LogP contribution in [0.2, 0.25) is 0 Å². The number of para-hydroxylation sites is 5. The van der Waals surface area contributed by atoms with E-state index in [1.807, 2.05) is 0 Å². The van der Waals surface area contributed by atoms with Gasteiger partial charge in [0.15, 0.2) is 8.07 Å². The lowest BCUT2D eigenvalue weighted by atomic mass is 10.1. The molecule has 0 saturated heterocycles. The van der Waals surface area contributed by atoms with Crippen molar-refractivity contribution >= 4 is 94.2 Å². The van der Waals surface area contributed by atoms with Crippen LogP contribution in [-0.2, 0) is 0 Å². The highest BCUT2D eigenvalue weighted by molar-refractivity contribution is 7.19. The Morgan fingerprint density at radius 1 is 0.234 bits per heavy atom. The van der Waals surface area contributed by atoms with E-state index in [2.05, 4.69) is 262 Å². The Bertz CT molecular complexity index is 3730. The van der Waals surface area contributed by atoms with Gasteiger partial charge >= 0.3 is 0 Å². The molecule has 0 unspecified atom stereocenters. The molecule has 3 nitrogen and oxygen atoms in total. The van der Waals surface area contributed by atoms with Gasteiger partial charge in [-0.25, -0.2) is 0 Å². The van der Waals surface area contributed by atoms with Gasteiger partial charge in [0.1, 0.15) is 0 Å². The van der Waals surface area contributed by atoms with E-state index in [1.54, 1.807) is 0 Å². The lowest BCUT2D eigenvalue weighted by Crippen LogP contribution is -2.74. The number of nitrogens with zero attached hydrogens (tertiary/aromatic N) is 3. The van der Waals surface area contributed by atoms with Crippen LogP contribution in [-0.4, -0.2) is 21.8 Å². The van der Waals surface area contributed by atoms with Crippen molar-refractivity contribution in [3.63, 3.8) is 0 Å². The van der Waals surface area contributed by atoms with E-state index >= 15 is 0 Å². The van der Waals surface area contributed by atoms with Gasteiger partial charge in [-0.3, -0.25) is 0 Å². The third kappa shape index (κ3) is 5.27. The number of fused-ring (bicyclic) bond motifs is 9. The highest BCUT2D eigenvalue weighted by Gasteiger charge is 2.41. The van der Waals surface area contributed by atoms with Crippen LogP contribution in [0.25, 0.3) is 82.5 Å².